The lowest BCUT2D eigenvalue weighted by Crippen LogP contribution is -2.12. The summed E-state index contributed by atoms with van der Waals surface area (Å²) in [5, 5.41) is 0.565. The Balaban J connectivity index is 1.55. The predicted molar refractivity (Wildman–Crippen MR) is 116 cm³/mol. The number of hydrogen-bond donors (Lipinski definition) is 1. The summed E-state index contributed by atoms with van der Waals surface area (Å²) in [7, 11) is 0. The molecule has 1 aliphatic rings. The van der Waals surface area contributed by atoms with E-state index in [9.17, 15) is 4.39 Å². The van der Waals surface area contributed by atoms with E-state index in [0.717, 1.165) is 16.7 Å². The van der Waals surface area contributed by atoms with Gasteiger partial charge in [-0.05, 0) is 66.8 Å². The summed E-state index contributed by atoms with van der Waals surface area (Å²) in [6.45, 7) is 2.04. The van der Waals surface area contributed by atoms with E-state index in [2.05, 4.69) is 36.9 Å². The number of halogens is 1. The molecule has 4 rings (SSSR count). The number of benzene rings is 3. The maximum atomic E-state index is 14.7. The monoisotopic (exact) mass is 376 g/mol. The van der Waals surface area contributed by atoms with Gasteiger partial charge in [-0.1, -0.05) is 66.2 Å². The van der Waals surface area contributed by atoms with Crippen LogP contribution in [0.1, 0.15) is 42.7 Å². The minimum absolute atomic E-state index is 0.174. The Morgan fingerprint density at radius 1 is 0.741 bits per heavy atom. The second-order valence-corrected chi connectivity index (χ2v) is 8.42. The molecule has 0 spiro atoms. The summed E-state index contributed by atoms with van der Waals surface area (Å²) >= 11 is 4.59. The fourth-order valence-electron chi connectivity index (χ4n) is 4.02. The van der Waals surface area contributed by atoms with Gasteiger partial charge in [-0.15, -0.1) is 0 Å². The van der Waals surface area contributed by atoms with Crippen molar-refractivity contribution >= 4 is 12.6 Å². The molecule has 1 fully saturated rings. The molecule has 2 heteroatoms. The van der Waals surface area contributed by atoms with E-state index in [-0.39, 0.29) is 5.82 Å². The Bertz CT molecular complexity index is 904. The van der Waals surface area contributed by atoms with Crippen molar-refractivity contribution in [3.8, 4) is 22.3 Å². The Morgan fingerprint density at radius 3 is 1.96 bits per heavy atom. The summed E-state index contributed by atoms with van der Waals surface area (Å²) in [6, 6.07) is 22.2. The zero-order valence-corrected chi connectivity index (χ0v) is 16.6. The second kappa shape index (κ2) is 7.90. The van der Waals surface area contributed by atoms with Gasteiger partial charge in [-0.2, -0.15) is 12.6 Å². The molecule has 0 bridgehead atoms. The molecule has 0 nitrogen and oxygen atoms in total. The second-order valence-electron chi connectivity index (χ2n) is 7.69. The Labute approximate surface area is 166 Å². The average molecular weight is 377 g/mol. The highest BCUT2D eigenvalue weighted by Gasteiger charge is 2.20. The van der Waals surface area contributed by atoms with Crippen LogP contribution in [-0.2, 0) is 0 Å². The fourth-order valence-corrected chi connectivity index (χ4v) is 4.32. The van der Waals surface area contributed by atoms with Crippen LogP contribution >= 0.6 is 12.6 Å². The van der Waals surface area contributed by atoms with Crippen molar-refractivity contribution in [2.24, 2.45) is 0 Å². The van der Waals surface area contributed by atoms with Gasteiger partial charge in [-0.3, -0.25) is 0 Å². The molecule has 0 N–H and O–H groups in total. The van der Waals surface area contributed by atoms with Gasteiger partial charge in [0.2, 0.25) is 0 Å². The van der Waals surface area contributed by atoms with Crippen LogP contribution in [0.25, 0.3) is 22.3 Å². The highest BCUT2D eigenvalue weighted by molar-refractivity contribution is 7.80. The van der Waals surface area contributed by atoms with E-state index >= 15 is 0 Å². The molecule has 0 saturated heterocycles. The molecule has 3 aromatic rings. The molecule has 3 aromatic carbocycles. The van der Waals surface area contributed by atoms with E-state index in [1.54, 1.807) is 6.07 Å². The molecular weight excluding hydrogens is 351 g/mol. The van der Waals surface area contributed by atoms with Crippen molar-refractivity contribution < 1.29 is 4.39 Å². The SMILES string of the molecule is Cc1ccc(-c2ccc(-c3ccc(C4CCC(S)CC4)cc3)cc2F)cc1. The predicted octanol–water partition coefficient (Wildman–Crippen LogP) is 7.42. The van der Waals surface area contributed by atoms with Gasteiger partial charge in [0, 0.05) is 10.8 Å². The van der Waals surface area contributed by atoms with Crippen molar-refractivity contribution in [2.45, 2.75) is 43.8 Å². The largest absolute Gasteiger partial charge is 0.206 e. The molecule has 0 amide bonds. The van der Waals surface area contributed by atoms with E-state index in [1.165, 1.54) is 36.8 Å². The molecule has 1 aliphatic carbocycles. The first kappa shape index (κ1) is 18.3. The lowest BCUT2D eigenvalue weighted by Gasteiger charge is -2.26. The summed E-state index contributed by atoms with van der Waals surface area (Å²) in [5.74, 6) is 0.468. The van der Waals surface area contributed by atoms with Crippen molar-refractivity contribution in [3.63, 3.8) is 0 Å². The first-order chi connectivity index (χ1) is 13.1. The zero-order valence-electron chi connectivity index (χ0n) is 15.7. The minimum Gasteiger partial charge on any atom is -0.206 e. The number of rotatable bonds is 3. The number of hydrogen-bond acceptors (Lipinski definition) is 1. The van der Waals surface area contributed by atoms with Gasteiger partial charge in [0.15, 0.2) is 0 Å². The first-order valence-corrected chi connectivity index (χ1v) is 10.3. The van der Waals surface area contributed by atoms with Crippen LogP contribution in [-0.4, -0.2) is 5.25 Å². The fraction of sp³-hybridized carbons (Fsp3) is 0.280. The zero-order chi connectivity index (χ0) is 18.8. The molecule has 138 valence electrons. The van der Waals surface area contributed by atoms with Gasteiger partial charge in [0.05, 0.1) is 0 Å². The minimum atomic E-state index is -0.174. The van der Waals surface area contributed by atoms with Crippen molar-refractivity contribution in [1.29, 1.82) is 0 Å². The molecule has 0 aromatic heterocycles. The van der Waals surface area contributed by atoms with Crippen molar-refractivity contribution in [2.75, 3.05) is 0 Å². The Morgan fingerprint density at radius 2 is 1.33 bits per heavy atom. The molecule has 0 heterocycles. The van der Waals surface area contributed by atoms with Crippen LogP contribution in [0.2, 0.25) is 0 Å². The van der Waals surface area contributed by atoms with Crippen LogP contribution in [0.4, 0.5) is 4.39 Å². The van der Waals surface area contributed by atoms with E-state index in [4.69, 9.17) is 0 Å². The Hall–Kier alpha value is -2.06. The van der Waals surface area contributed by atoms with Crippen molar-refractivity contribution in [3.05, 3.63) is 83.7 Å². The van der Waals surface area contributed by atoms with Crippen LogP contribution in [0.5, 0.6) is 0 Å². The number of aryl methyl sites for hydroxylation is 1. The maximum Gasteiger partial charge on any atom is 0.131 e. The van der Waals surface area contributed by atoms with E-state index < -0.39 is 0 Å². The lowest BCUT2D eigenvalue weighted by atomic mass is 9.83. The van der Waals surface area contributed by atoms with Gasteiger partial charge < -0.3 is 0 Å². The third-order valence-corrected chi connectivity index (χ3v) is 6.26. The average Bonchev–Trinajstić information content (AvgIpc) is 2.69. The molecular formula is C25H25FS. The van der Waals surface area contributed by atoms with Crippen LogP contribution in [0, 0.1) is 12.7 Å². The van der Waals surface area contributed by atoms with Gasteiger partial charge in [0.1, 0.15) is 5.82 Å². The lowest BCUT2D eigenvalue weighted by molar-refractivity contribution is 0.455. The molecule has 1 saturated carbocycles. The topological polar surface area (TPSA) is 0 Å². The van der Waals surface area contributed by atoms with Crippen LogP contribution in [0.15, 0.2) is 66.7 Å². The Kier molecular flexibility index (Phi) is 5.36. The van der Waals surface area contributed by atoms with Gasteiger partial charge >= 0.3 is 0 Å². The third-order valence-electron chi connectivity index (χ3n) is 5.74. The first-order valence-electron chi connectivity index (χ1n) is 9.75. The summed E-state index contributed by atoms with van der Waals surface area (Å²) in [4.78, 5) is 0. The molecule has 0 aliphatic heterocycles. The van der Waals surface area contributed by atoms with E-state index in [1.807, 2.05) is 43.3 Å². The summed E-state index contributed by atoms with van der Waals surface area (Å²) in [6.07, 6.45) is 4.82. The van der Waals surface area contributed by atoms with Gasteiger partial charge in [-0.25, -0.2) is 4.39 Å². The van der Waals surface area contributed by atoms with Crippen molar-refractivity contribution in [1.82, 2.24) is 0 Å². The van der Waals surface area contributed by atoms with Crippen LogP contribution in [0.3, 0.4) is 0 Å². The standard InChI is InChI=1S/C25H25FS/c1-17-2-4-21(5-3-17)24-15-12-22(16-25(24)26)20-8-6-18(7-9-20)19-10-13-23(27)14-11-19/h2-9,12,15-16,19,23,27H,10-11,13-14H2,1H3. The summed E-state index contributed by atoms with van der Waals surface area (Å²) < 4.78 is 14.7. The van der Waals surface area contributed by atoms with Crippen LogP contribution < -0.4 is 0 Å². The summed E-state index contributed by atoms with van der Waals surface area (Å²) in [5.41, 5.74) is 6.14. The molecule has 0 atom stereocenters. The molecule has 0 unspecified atom stereocenters. The van der Waals surface area contributed by atoms with E-state index in [0.29, 0.717) is 16.7 Å². The normalized spacial score (nSPS) is 19.8. The molecule has 0 radical (unpaired) electrons. The smallest absolute Gasteiger partial charge is 0.131 e. The molecule has 27 heavy (non-hydrogen) atoms. The maximum absolute atomic E-state index is 14.7. The highest BCUT2D eigenvalue weighted by Crippen LogP contribution is 2.36. The quantitative estimate of drug-likeness (QED) is 0.452. The van der Waals surface area contributed by atoms with Gasteiger partial charge in [0.25, 0.3) is 0 Å². The number of thiol groups is 1. The third kappa shape index (κ3) is 4.11. The highest BCUT2D eigenvalue weighted by atomic mass is 32.1.